The van der Waals surface area contributed by atoms with E-state index in [0.717, 1.165) is 40.1 Å². The van der Waals surface area contributed by atoms with E-state index < -0.39 is 0 Å². The molecular weight excluding hydrogens is 402 g/mol. The average molecular weight is 424 g/mol. The number of thioether (sulfide) groups is 1. The van der Waals surface area contributed by atoms with E-state index in [0.29, 0.717) is 28.5 Å². The second kappa shape index (κ2) is 7.42. The van der Waals surface area contributed by atoms with Crippen LogP contribution in [0.25, 0.3) is 21.7 Å². The van der Waals surface area contributed by atoms with Gasteiger partial charge >= 0.3 is 0 Å². The van der Waals surface area contributed by atoms with E-state index in [4.69, 9.17) is 15.1 Å². The zero-order valence-corrected chi connectivity index (χ0v) is 17.9. The molecule has 2 N–H and O–H groups in total. The van der Waals surface area contributed by atoms with Crippen molar-refractivity contribution in [3.63, 3.8) is 0 Å². The number of thiophene rings is 1. The Bertz CT molecular complexity index is 1200. The maximum atomic E-state index is 6.32. The van der Waals surface area contributed by atoms with Gasteiger partial charge in [0.25, 0.3) is 5.22 Å². The van der Waals surface area contributed by atoms with Crippen molar-refractivity contribution in [3.05, 3.63) is 46.1 Å². The van der Waals surface area contributed by atoms with Crippen molar-refractivity contribution < 1.29 is 4.42 Å². The third-order valence-corrected chi connectivity index (χ3v) is 7.30. The Labute approximate surface area is 177 Å². The van der Waals surface area contributed by atoms with Crippen LogP contribution < -0.4 is 5.73 Å². The highest BCUT2D eigenvalue weighted by atomic mass is 32.2. The molecule has 3 aromatic heterocycles. The monoisotopic (exact) mass is 423 g/mol. The topological polar surface area (TPSA) is 90.7 Å². The molecule has 5 rings (SSSR count). The molecule has 148 valence electrons. The molecule has 0 bridgehead atoms. The summed E-state index contributed by atoms with van der Waals surface area (Å²) in [4.78, 5) is 11.8. The van der Waals surface area contributed by atoms with E-state index >= 15 is 0 Å². The highest BCUT2D eigenvalue weighted by Gasteiger charge is 2.23. The van der Waals surface area contributed by atoms with Crippen molar-refractivity contribution in [2.75, 3.05) is 5.73 Å². The molecule has 1 aromatic carbocycles. The van der Waals surface area contributed by atoms with Crippen LogP contribution >= 0.6 is 23.1 Å². The number of nitrogens with two attached hydrogens (primary N) is 1. The molecule has 3 heterocycles. The quantitative estimate of drug-likeness (QED) is 0.459. The Morgan fingerprint density at radius 2 is 2.10 bits per heavy atom. The first-order valence-electron chi connectivity index (χ1n) is 9.67. The van der Waals surface area contributed by atoms with Crippen molar-refractivity contribution in [2.24, 2.45) is 5.92 Å². The average Bonchev–Trinajstić information content (AvgIpc) is 3.30. The van der Waals surface area contributed by atoms with Gasteiger partial charge in [0.1, 0.15) is 16.5 Å². The second-order valence-electron chi connectivity index (χ2n) is 7.53. The highest BCUT2D eigenvalue weighted by Crippen LogP contribution is 2.39. The van der Waals surface area contributed by atoms with Crippen molar-refractivity contribution in [1.82, 2.24) is 20.2 Å². The molecule has 0 radical (unpaired) electrons. The van der Waals surface area contributed by atoms with Crippen LogP contribution in [-0.2, 0) is 18.6 Å². The zero-order chi connectivity index (χ0) is 20.0. The standard InChI is InChI=1S/C21H21N5OS2/c1-11-7-8-14-15(9-11)29-20-17(14)18(22)23-16(24-20)10-28-21-26-25-19(27-21)13-6-4-3-5-12(13)2/h3-6,11H,7-10H2,1-2H3,(H2,22,23,24). The van der Waals surface area contributed by atoms with Gasteiger partial charge < -0.3 is 10.2 Å². The van der Waals surface area contributed by atoms with E-state index in [9.17, 15) is 0 Å². The lowest BCUT2D eigenvalue weighted by Gasteiger charge is -2.17. The van der Waals surface area contributed by atoms with Crippen molar-refractivity contribution in [1.29, 1.82) is 0 Å². The Morgan fingerprint density at radius 1 is 1.24 bits per heavy atom. The number of rotatable bonds is 4. The fourth-order valence-corrected chi connectivity index (χ4v) is 5.82. The molecule has 8 heteroatoms. The zero-order valence-electron chi connectivity index (χ0n) is 16.3. The minimum absolute atomic E-state index is 0.504. The first kappa shape index (κ1) is 18.6. The van der Waals surface area contributed by atoms with Gasteiger partial charge in [-0.1, -0.05) is 36.9 Å². The van der Waals surface area contributed by atoms with Gasteiger partial charge in [-0.2, -0.15) is 0 Å². The minimum atomic E-state index is 0.504. The van der Waals surface area contributed by atoms with Gasteiger partial charge in [0.05, 0.1) is 11.1 Å². The molecule has 4 aromatic rings. The number of nitrogens with zero attached hydrogens (tertiary/aromatic N) is 4. The van der Waals surface area contributed by atoms with Crippen molar-refractivity contribution in [3.8, 4) is 11.5 Å². The molecule has 1 aliphatic rings. The summed E-state index contributed by atoms with van der Waals surface area (Å²) >= 11 is 3.20. The summed E-state index contributed by atoms with van der Waals surface area (Å²) in [5, 5.41) is 9.90. The molecule has 1 aliphatic carbocycles. The lowest BCUT2D eigenvalue weighted by molar-refractivity contribution is 0.465. The summed E-state index contributed by atoms with van der Waals surface area (Å²) in [5.74, 6) is 3.07. The second-order valence-corrected chi connectivity index (χ2v) is 9.54. The minimum Gasteiger partial charge on any atom is -0.411 e. The fraction of sp³-hybridized carbons (Fsp3) is 0.333. The van der Waals surface area contributed by atoms with Gasteiger partial charge in [0.2, 0.25) is 5.89 Å². The van der Waals surface area contributed by atoms with Gasteiger partial charge in [-0.3, -0.25) is 0 Å². The molecule has 1 atom stereocenters. The molecule has 0 spiro atoms. The van der Waals surface area contributed by atoms with Gasteiger partial charge in [-0.15, -0.1) is 21.5 Å². The maximum absolute atomic E-state index is 6.32. The van der Waals surface area contributed by atoms with Crippen LogP contribution in [-0.4, -0.2) is 20.2 Å². The Morgan fingerprint density at radius 3 is 2.97 bits per heavy atom. The molecule has 29 heavy (non-hydrogen) atoms. The summed E-state index contributed by atoms with van der Waals surface area (Å²) in [6.07, 6.45) is 3.39. The molecule has 0 amide bonds. The highest BCUT2D eigenvalue weighted by molar-refractivity contribution is 7.98. The Hall–Kier alpha value is -2.45. The lowest BCUT2D eigenvalue weighted by atomic mass is 9.89. The van der Waals surface area contributed by atoms with Crippen molar-refractivity contribution >= 4 is 39.1 Å². The first-order chi connectivity index (χ1) is 14.1. The Kier molecular flexibility index (Phi) is 4.75. The summed E-state index contributed by atoms with van der Waals surface area (Å²) in [7, 11) is 0. The van der Waals surface area contributed by atoms with Crippen LogP contribution in [0.4, 0.5) is 5.82 Å². The Balaban J connectivity index is 1.37. The number of hydrogen-bond donors (Lipinski definition) is 1. The van der Waals surface area contributed by atoms with Gasteiger partial charge in [-0.25, -0.2) is 9.97 Å². The number of aryl methyl sites for hydroxylation is 2. The normalized spacial score (nSPS) is 16.3. The number of nitrogen functional groups attached to an aromatic ring is 1. The van der Waals surface area contributed by atoms with Gasteiger partial charge in [0.15, 0.2) is 0 Å². The van der Waals surface area contributed by atoms with Crippen LogP contribution in [0.3, 0.4) is 0 Å². The van der Waals surface area contributed by atoms with Crippen LogP contribution in [0, 0.1) is 12.8 Å². The SMILES string of the molecule is Cc1ccccc1-c1nnc(SCc2nc(N)c3c4c(sc3n2)CC(C)CC4)o1. The smallest absolute Gasteiger partial charge is 0.277 e. The number of fused-ring (bicyclic) bond motifs is 3. The third kappa shape index (κ3) is 3.51. The predicted octanol–water partition coefficient (Wildman–Crippen LogP) is 5.05. The largest absolute Gasteiger partial charge is 0.411 e. The van der Waals surface area contributed by atoms with E-state index in [2.05, 4.69) is 22.1 Å². The van der Waals surface area contributed by atoms with Crippen LogP contribution in [0.1, 0.15) is 35.2 Å². The van der Waals surface area contributed by atoms with E-state index in [1.807, 2.05) is 31.2 Å². The number of hydrogen-bond acceptors (Lipinski definition) is 8. The van der Waals surface area contributed by atoms with E-state index in [1.54, 1.807) is 11.3 Å². The molecular formula is C21H21N5OS2. The van der Waals surface area contributed by atoms with E-state index in [1.165, 1.54) is 28.6 Å². The molecule has 1 unspecified atom stereocenters. The molecule has 0 saturated heterocycles. The summed E-state index contributed by atoms with van der Waals surface area (Å²) in [5.41, 5.74) is 9.73. The molecule has 0 fully saturated rings. The summed E-state index contributed by atoms with van der Waals surface area (Å²) in [6.45, 7) is 4.33. The molecule has 0 aliphatic heterocycles. The fourth-order valence-electron chi connectivity index (χ4n) is 3.80. The van der Waals surface area contributed by atoms with Crippen LogP contribution in [0.15, 0.2) is 33.9 Å². The summed E-state index contributed by atoms with van der Waals surface area (Å²) in [6, 6.07) is 7.96. The number of benzene rings is 1. The predicted molar refractivity (Wildman–Crippen MR) is 117 cm³/mol. The maximum Gasteiger partial charge on any atom is 0.277 e. The van der Waals surface area contributed by atoms with E-state index in [-0.39, 0.29) is 0 Å². The molecule has 0 saturated carbocycles. The lowest BCUT2D eigenvalue weighted by Crippen LogP contribution is -2.09. The van der Waals surface area contributed by atoms with Gasteiger partial charge in [-0.05, 0) is 49.3 Å². The van der Waals surface area contributed by atoms with Crippen LogP contribution in [0.5, 0.6) is 0 Å². The third-order valence-electron chi connectivity index (χ3n) is 5.34. The first-order valence-corrected chi connectivity index (χ1v) is 11.5. The van der Waals surface area contributed by atoms with Crippen LogP contribution in [0.2, 0.25) is 0 Å². The molecule has 6 nitrogen and oxygen atoms in total. The van der Waals surface area contributed by atoms with Gasteiger partial charge in [0, 0.05) is 10.4 Å². The number of aromatic nitrogens is 4. The summed E-state index contributed by atoms with van der Waals surface area (Å²) < 4.78 is 5.82. The van der Waals surface area contributed by atoms with Crippen molar-refractivity contribution in [2.45, 2.75) is 44.1 Å². The number of anilines is 1.